The van der Waals surface area contributed by atoms with Gasteiger partial charge in [-0.25, -0.2) is 0 Å². The van der Waals surface area contributed by atoms with Gasteiger partial charge in [-0.3, -0.25) is 19.1 Å². The van der Waals surface area contributed by atoms with Crippen LogP contribution in [0.2, 0.25) is 0 Å². The number of carbonyl (C=O) groups is 4. The van der Waals surface area contributed by atoms with E-state index in [2.05, 4.69) is 21.7 Å². The van der Waals surface area contributed by atoms with Crippen molar-refractivity contribution in [3.8, 4) is 12.3 Å². The van der Waals surface area contributed by atoms with E-state index in [0.717, 1.165) is 0 Å². The molecule has 1 aromatic carbocycles. The van der Waals surface area contributed by atoms with Crippen molar-refractivity contribution >= 4 is 30.1 Å². The Balaban J connectivity index is 2.11. The van der Waals surface area contributed by atoms with Crippen LogP contribution in [0.1, 0.15) is 45.5 Å². The van der Waals surface area contributed by atoms with Crippen LogP contribution in [0, 0.1) is 12.3 Å². The molecule has 1 heterocycles. The first-order valence-corrected chi connectivity index (χ1v) is 10.2. The smallest absolute Gasteiger partial charge is 0.257 e. The molecule has 2 aromatic rings. The summed E-state index contributed by atoms with van der Waals surface area (Å²) in [6.07, 6.45) is 10.9. The molecular formula is C23H27N5O4. The molecule has 0 bridgehead atoms. The summed E-state index contributed by atoms with van der Waals surface area (Å²) in [5.41, 5.74) is 1.60. The van der Waals surface area contributed by atoms with Crippen LogP contribution in [0.4, 0.5) is 5.69 Å². The Hall–Kier alpha value is -3.93. The number of benzene rings is 1. The number of aryl methyl sites for hydroxylation is 1. The fourth-order valence-corrected chi connectivity index (χ4v) is 3.16. The van der Waals surface area contributed by atoms with Gasteiger partial charge < -0.3 is 20.3 Å². The number of nitrogens with zero attached hydrogens (tertiary/aromatic N) is 3. The highest BCUT2D eigenvalue weighted by Crippen LogP contribution is 2.22. The van der Waals surface area contributed by atoms with Crippen molar-refractivity contribution in [3.05, 3.63) is 47.3 Å². The molecule has 168 valence electrons. The molecule has 2 amide bonds. The number of aldehydes is 2. The zero-order chi connectivity index (χ0) is 23.5. The molecule has 1 unspecified atom stereocenters. The van der Waals surface area contributed by atoms with Crippen molar-refractivity contribution in [2.24, 2.45) is 0 Å². The second kappa shape index (κ2) is 12.1. The number of likely N-dealkylation sites (N-methyl/N-ethyl adjacent to an activating group) is 1. The minimum absolute atomic E-state index is 0.104. The summed E-state index contributed by atoms with van der Waals surface area (Å²) in [6.45, 7) is 1.14. The lowest BCUT2D eigenvalue weighted by molar-refractivity contribution is -0.121. The zero-order valence-corrected chi connectivity index (χ0v) is 18.2. The van der Waals surface area contributed by atoms with Gasteiger partial charge in [0.1, 0.15) is 6.29 Å². The van der Waals surface area contributed by atoms with Crippen molar-refractivity contribution < 1.29 is 19.2 Å². The summed E-state index contributed by atoms with van der Waals surface area (Å²) < 4.78 is 1.74. The number of hydrogen-bond donors (Lipinski definition) is 2. The van der Waals surface area contributed by atoms with Gasteiger partial charge >= 0.3 is 0 Å². The largest absolute Gasteiger partial charge is 0.384 e. The lowest BCUT2D eigenvalue weighted by Gasteiger charge is -2.25. The second-order valence-corrected chi connectivity index (χ2v) is 7.14. The van der Waals surface area contributed by atoms with Gasteiger partial charge in [-0.2, -0.15) is 5.10 Å². The highest BCUT2D eigenvalue weighted by molar-refractivity contribution is 6.06. The summed E-state index contributed by atoms with van der Waals surface area (Å²) >= 11 is 0. The number of rotatable bonds is 12. The molecule has 0 aliphatic heterocycles. The average Bonchev–Trinajstić information content (AvgIpc) is 3.29. The van der Waals surface area contributed by atoms with Crippen molar-refractivity contribution in [2.75, 3.05) is 26.0 Å². The molecule has 1 aromatic heterocycles. The van der Waals surface area contributed by atoms with E-state index < -0.39 is 11.9 Å². The topological polar surface area (TPSA) is 113 Å². The van der Waals surface area contributed by atoms with Gasteiger partial charge in [0.15, 0.2) is 6.29 Å². The van der Waals surface area contributed by atoms with Gasteiger partial charge in [0.25, 0.3) is 5.91 Å². The molecule has 0 spiro atoms. The lowest BCUT2D eigenvalue weighted by atomic mass is 10.0. The fourth-order valence-electron chi connectivity index (χ4n) is 3.16. The third-order valence-electron chi connectivity index (χ3n) is 5.04. The van der Waals surface area contributed by atoms with E-state index in [9.17, 15) is 19.2 Å². The SMILES string of the molecule is C#Cc1cnn(CCCNc2cccc(C=O)c2C(=O)N(C)C(C=O)CCC(=O)NC)c1. The Labute approximate surface area is 187 Å². The van der Waals surface area contributed by atoms with Crippen LogP contribution >= 0.6 is 0 Å². The first-order valence-electron chi connectivity index (χ1n) is 10.2. The van der Waals surface area contributed by atoms with Gasteiger partial charge in [0.2, 0.25) is 5.91 Å². The molecule has 2 rings (SSSR count). The molecule has 0 radical (unpaired) electrons. The zero-order valence-electron chi connectivity index (χ0n) is 18.2. The van der Waals surface area contributed by atoms with Crippen molar-refractivity contribution in [3.63, 3.8) is 0 Å². The van der Waals surface area contributed by atoms with Gasteiger partial charge in [0.05, 0.1) is 23.4 Å². The number of nitrogens with one attached hydrogen (secondary N) is 2. The maximum absolute atomic E-state index is 13.2. The first-order chi connectivity index (χ1) is 15.4. The molecule has 1 atom stereocenters. The second-order valence-electron chi connectivity index (χ2n) is 7.14. The minimum atomic E-state index is -0.794. The molecule has 9 heteroatoms. The standard InChI is InChI=1S/C23H27N5O4/c1-4-17-13-26-28(14-17)12-6-11-25-20-8-5-7-18(15-29)22(20)23(32)27(3)19(16-30)9-10-21(31)24-2/h1,5,7-8,13-16,19,25H,6,9-12H2,2-3H3,(H,24,31). The molecule has 0 saturated carbocycles. The van der Waals surface area contributed by atoms with Crippen LogP contribution in [0.15, 0.2) is 30.6 Å². The maximum atomic E-state index is 13.2. The first kappa shape index (κ1) is 24.3. The molecule has 2 N–H and O–H groups in total. The molecule has 0 aliphatic rings. The number of carbonyl (C=O) groups excluding carboxylic acids is 4. The molecule has 9 nitrogen and oxygen atoms in total. The predicted octanol–water partition coefficient (Wildman–Crippen LogP) is 1.34. The van der Waals surface area contributed by atoms with Crippen molar-refractivity contribution in [1.29, 1.82) is 0 Å². The normalized spacial score (nSPS) is 11.2. The third-order valence-corrected chi connectivity index (χ3v) is 5.04. The van der Waals surface area contributed by atoms with Crippen LogP contribution in [0.25, 0.3) is 0 Å². The Morgan fingerprint density at radius 1 is 1.34 bits per heavy atom. The highest BCUT2D eigenvalue weighted by atomic mass is 16.2. The molecule has 0 aliphatic carbocycles. The molecular weight excluding hydrogens is 410 g/mol. The summed E-state index contributed by atoms with van der Waals surface area (Å²) in [4.78, 5) is 49.1. The van der Waals surface area contributed by atoms with Gasteiger partial charge in [-0.05, 0) is 18.9 Å². The molecule has 32 heavy (non-hydrogen) atoms. The summed E-state index contributed by atoms with van der Waals surface area (Å²) in [7, 11) is 2.99. The van der Waals surface area contributed by atoms with Crippen LogP contribution in [-0.2, 0) is 16.1 Å². The van der Waals surface area contributed by atoms with Gasteiger partial charge in [-0.15, -0.1) is 6.42 Å². The van der Waals surface area contributed by atoms with Crippen LogP contribution in [0.3, 0.4) is 0 Å². The Morgan fingerprint density at radius 3 is 2.75 bits per heavy atom. The lowest BCUT2D eigenvalue weighted by Crippen LogP contribution is -2.39. The van der Waals surface area contributed by atoms with E-state index >= 15 is 0 Å². The number of aromatic nitrogens is 2. The predicted molar refractivity (Wildman–Crippen MR) is 120 cm³/mol. The number of terminal acetylenes is 1. The summed E-state index contributed by atoms with van der Waals surface area (Å²) in [5, 5.41) is 9.85. The van der Waals surface area contributed by atoms with Crippen LogP contribution in [0.5, 0.6) is 0 Å². The number of amides is 2. The number of anilines is 1. The van der Waals surface area contributed by atoms with Crippen LogP contribution < -0.4 is 10.6 Å². The number of hydrogen-bond acceptors (Lipinski definition) is 6. The van der Waals surface area contributed by atoms with E-state index in [4.69, 9.17) is 6.42 Å². The van der Waals surface area contributed by atoms with E-state index in [0.29, 0.717) is 43.3 Å². The van der Waals surface area contributed by atoms with E-state index in [1.54, 1.807) is 35.3 Å². The average molecular weight is 438 g/mol. The van der Waals surface area contributed by atoms with E-state index in [1.165, 1.54) is 19.0 Å². The maximum Gasteiger partial charge on any atom is 0.257 e. The minimum Gasteiger partial charge on any atom is -0.384 e. The van der Waals surface area contributed by atoms with Crippen LogP contribution in [-0.4, -0.2) is 65.7 Å². The van der Waals surface area contributed by atoms with E-state index in [1.807, 2.05) is 0 Å². The van der Waals surface area contributed by atoms with Crippen molar-refractivity contribution in [2.45, 2.75) is 31.8 Å². The van der Waals surface area contributed by atoms with E-state index in [-0.39, 0.29) is 29.9 Å². The van der Waals surface area contributed by atoms with Gasteiger partial charge in [-0.1, -0.05) is 18.1 Å². The molecule has 0 fully saturated rings. The monoisotopic (exact) mass is 437 g/mol. The third kappa shape index (κ3) is 6.28. The van der Waals surface area contributed by atoms with Gasteiger partial charge in [0, 0.05) is 51.1 Å². The molecule has 0 saturated heterocycles. The Bertz CT molecular complexity index is 1010. The summed E-state index contributed by atoms with van der Waals surface area (Å²) in [6, 6.07) is 4.14. The quantitative estimate of drug-likeness (QED) is 0.294. The van der Waals surface area contributed by atoms with Crippen molar-refractivity contribution in [1.82, 2.24) is 20.0 Å². The highest BCUT2D eigenvalue weighted by Gasteiger charge is 2.25. The fraction of sp³-hybridized carbons (Fsp3) is 0.348. The Morgan fingerprint density at radius 2 is 2.12 bits per heavy atom. The summed E-state index contributed by atoms with van der Waals surface area (Å²) in [5.74, 6) is 1.82. The Kier molecular flexibility index (Phi) is 9.17.